The third-order valence-corrected chi connectivity index (χ3v) is 5.44. The maximum Gasteiger partial charge on any atom is 0.234 e. The molecule has 0 saturated carbocycles. The van der Waals surface area contributed by atoms with Gasteiger partial charge in [-0.05, 0) is 30.3 Å². The van der Waals surface area contributed by atoms with Gasteiger partial charge in [-0.1, -0.05) is 78.0 Å². The van der Waals surface area contributed by atoms with Crippen LogP contribution < -0.4 is 5.32 Å². The third kappa shape index (κ3) is 4.70. The van der Waals surface area contributed by atoms with Gasteiger partial charge < -0.3 is 5.32 Å². The zero-order chi connectivity index (χ0) is 20.1. The molecule has 1 aromatic heterocycles. The summed E-state index contributed by atoms with van der Waals surface area (Å²) in [6.45, 7) is 0. The first-order chi connectivity index (χ1) is 14.2. The number of anilines is 1. The lowest BCUT2D eigenvalue weighted by Gasteiger charge is -2.12. The lowest BCUT2D eigenvalue weighted by atomic mass is 10.1. The number of thioether (sulfide) groups is 1. The van der Waals surface area contributed by atoms with Gasteiger partial charge in [0.05, 0.1) is 17.6 Å². The van der Waals surface area contributed by atoms with Gasteiger partial charge in [-0.3, -0.25) is 9.36 Å². The van der Waals surface area contributed by atoms with Crippen LogP contribution in [-0.4, -0.2) is 21.2 Å². The summed E-state index contributed by atoms with van der Waals surface area (Å²) in [7, 11) is 0. The van der Waals surface area contributed by atoms with Gasteiger partial charge in [0.15, 0.2) is 5.16 Å². The van der Waals surface area contributed by atoms with Crippen molar-refractivity contribution in [3.05, 3.63) is 96.1 Å². The monoisotopic (exact) mass is 419 g/mol. The average Bonchev–Trinajstić information content (AvgIpc) is 3.18. The van der Waals surface area contributed by atoms with Crippen LogP contribution in [0.4, 0.5) is 5.69 Å². The number of hydrogen-bond donors (Lipinski definition) is 1. The van der Waals surface area contributed by atoms with Crippen LogP contribution in [0.3, 0.4) is 0 Å². The van der Waals surface area contributed by atoms with E-state index in [0.29, 0.717) is 5.02 Å². The molecule has 1 heterocycles. The Balaban J connectivity index is 1.61. The largest absolute Gasteiger partial charge is 0.325 e. The molecule has 29 heavy (non-hydrogen) atoms. The van der Waals surface area contributed by atoms with Crippen molar-refractivity contribution < 1.29 is 4.79 Å². The summed E-state index contributed by atoms with van der Waals surface area (Å²) in [5, 5.41) is 4.28. The number of amides is 1. The van der Waals surface area contributed by atoms with E-state index in [1.54, 1.807) is 0 Å². The first kappa shape index (κ1) is 19.3. The second-order valence-electron chi connectivity index (χ2n) is 6.31. The van der Waals surface area contributed by atoms with Crippen LogP contribution in [0.5, 0.6) is 0 Å². The van der Waals surface area contributed by atoms with Crippen molar-refractivity contribution in [2.45, 2.75) is 5.16 Å². The van der Waals surface area contributed by atoms with Crippen molar-refractivity contribution in [3.8, 4) is 16.9 Å². The molecule has 0 fully saturated rings. The van der Waals surface area contributed by atoms with E-state index < -0.39 is 0 Å². The third-order valence-electron chi connectivity index (χ3n) is 4.26. The van der Waals surface area contributed by atoms with Crippen molar-refractivity contribution in [1.82, 2.24) is 9.55 Å². The minimum absolute atomic E-state index is 0.0805. The Labute approximate surface area is 178 Å². The summed E-state index contributed by atoms with van der Waals surface area (Å²) in [5.74, 6) is 0.170. The fraction of sp³-hybridized carbons (Fsp3) is 0.0435. The predicted octanol–water partition coefficient (Wildman–Crippen LogP) is 5.92. The second kappa shape index (κ2) is 8.99. The Morgan fingerprint density at radius 3 is 2.41 bits per heavy atom. The van der Waals surface area contributed by atoms with Crippen LogP contribution in [-0.2, 0) is 4.79 Å². The number of aromatic nitrogens is 2. The van der Waals surface area contributed by atoms with Crippen molar-refractivity contribution in [2.24, 2.45) is 0 Å². The quantitative estimate of drug-likeness (QED) is 0.394. The van der Waals surface area contributed by atoms with E-state index in [0.717, 1.165) is 27.8 Å². The number of rotatable bonds is 6. The topological polar surface area (TPSA) is 46.9 Å². The zero-order valence-corrected chi connectivity index (χ0v) is 17.0. The summed E-state index contributed by atoms with van der Waals surface area (Å²) in [6.07, 6.45) is 1.83. The van der Waals surface area contributed by atoms with Gasteiger partial charge in [-0.15, -0.1) is 0 Å². The van der Waals surface area contributed by atoms with E-state index in [1.807, 2.05) is 95.7 Å². The number of nitrogens with zero attached hydrogens (tertiary/aromatic N) is 2. The molecule has 4 nitrogen and oxygen atoms in total. The van der Waals surface area contributed by atoms with E-state index in [2.05, 4.69) is 10.3 Å². The molecule has 0 unspecified atom stereocenters. The molecule has 144 valence electrons. The highest BCUT2D eigenvalue weighted by atomic mass is 35.5. The zero-order valence-electron chi connectivity index (χ0n) is 15.5. The molecular weight excluding hydrogens is 402 g/mol. The highest BCUT2D eigenvalue weighted by Gasteiger charge is 2.15. The number of benzene rings is 3. The number of hydrogen-bond acceptors (Lipinski definition) is 3. The molecule has 3 aromatic carbocycles. The first-order valence-electron chi connectivity index (χ1n) is 9.07. The Kier molecular flexibility index (Phi) is 5.98. The fourth-order valence-electron chi connectivity index (χ4n) is 2.96. The van der Waals surface area contributed by atoms with Crippen LogP contribution in [0, 0.1) is 0 Å². The molecule has 0 bridgehead atoms. The Hall–Kier alpha value is -3.02. The Morgan fingerprint density at radius 2 is 1.69 bits per heavy atom. The standard InChI is InChI=1S/C23H18ClN3OS/c24-18-10-7-13-20(14-18)27-21(17-8-3-1-4-9-17)15-25-23(27)29-16-22(28)26-19-11-5-2-6-12-19/h1-15H,16H2,(H,26,28). The van der Waals surface area contributed by atoms with Crippen molar-refractivity contribution in [3.63, 3.8) is 0 Å². The maximum atomic E-state index is 12.4. The van der Waals surface area contributed by atoms with Gasteiger partial charge in [0, 0.05) is 22.0 Å². The summed E-state index contributed by atoms with van der Waals surface area (Å²) in [4.78, 5) is 17.0. The predicted molar refractivity (Wildman–Crippen MR) is 120 cm³/mol. The summed E-state index contributed by atoms with van der Waals surface area (Å²) < 4.78 is 2.03. The molecule has 0 aliphatic rings. The summed E-state index contributed by atoms with van der Waals surface area (Å²) in [5.41, 5.74) is 3.67. The normalized spacial score (nSPS) is 10.7. The summed E-state index contributed by atoms with van der Waals surface area (Å²) in [6, 6.07) is 27.1. The van der Waals surface area contributed by atoms with Crippen LogP contribution in [0.1, 0.15) is 0 Å². The van der Waals surface area contributed by atoms with E-state index in [1.165, 1.54) is 11.8 Å². The molecular formula is C23H18ClN3OS. The van der Waals surface area contributed by atoms with Crippen molar-refractivity contribution in [2.75, 3.05) is 11.1 Å². The van der Waals surface area contributed by atoms with Gasteiger partial charge >= 0.3 is 0 Å². The minimum Gasteiger partial charge on any atom is -0.325 e. The maximum absolute atomic E-state index is 12.4. The number of para-hydroxylation sites is 1. The highest BCUT2D eigenvalue weighted by molar-refractivity contribution is 7.99. The highest BCUT2D eigenvalue weighted by Crippen LogP contribution is 2.30. The van der Waals surface area contributed by atoms with Crippen LogP contribution in [0.2, 0.25) is 5.02 Å². The Bertz CT molecular complexity index is 1110. The molecule has 0 spiro atoms. The second-order valence-corrected chi connectivity index (χ2v) is 7.69. The molecule has 4 rings (SSSR count). The van der Waals surface area contributed by atoms with Crippen LogP contribution in [0.15, 0.2) is 96.3 Å². The van der Waals surface area contributed by atoms with E-state index >= 15 is 0 Å². The number of carbonyl (C=O) groups is 1. The molecule has 0 saturated heterocycles. The molecule has 1 N–H and O–H groups in total. The van der Waals surface area contributed by atoms with Gasteiger partial charge in [-0.25, -0.2) is 4.98 Å². The van der Waals surface area contributed by atoms with Crippen LogP contribution >= 0.6 is 23.4 Å². The molecule has 4 aromatic rings. The lowest BCUT2D eigenvalue weighted by Crippen LogP contribution is -2.14. The smallest absolute Gasteiger partial charge is 0.234 e. The molecule has 1 amide bonds. The molecule has 0 radical (unpaired) electrons. The minimum atomic E-state index is -0.0805. The molecule has 0 aliphatic carbocycles. The van der Waals surface area contributed by atoms with E-state index in [-0.39, 0.29) is 11.7 Å². The van der Waals surface area contributed by atoms with Crippen molar-refractivity contribution in [1.29, 1.82) is 0 Å². The van der Waals surface area contributed by atoms with E-state index in [4.69, 9.17) is 11.6 Å². The van der Waals surface area contributed by atoms with Crippen LogP contribution in [0.25, 0.3) is 16.9 Å². The van der Waals surface area contributed by atoms with Gasteiger partial charge in [-0.2, -0.15) is 0 Å². The molecule has 0 aliphatic heterocycles. The SMILES string of the molecule is O=C(CSc1ncc(-c2ccccc2)n1-c1cccc(Cl)c1)Nc1ccccc1. The van der Waals surface area contributed by atoms with Gasteiger partial charge in [0.25, 0.3) is 0 Å². The van der Waals surface area contributed by atoms with Gasteiger partial charge in [0.1, 0.15) is 0 Å². The number of carbonyl (C=O) groups excluding carboxylic acids is 1. The van der Waals surface area contributed by atoms with Crippen molar-refractivity contribution >= 4 is 35.0 Å². The lowest BCUT2D eigenvalue weighted by molar-refractivity contribution is -0.113. The average molecular weight is 420 g/mol. The Morgan fingerprint density at radius 1 is 0.966 bits per heavy atom. The summed E-state index contributed by atoms with van der Waals surface area (Å²) >= 11 is 7.61. The number of halogens is 1. The first-order valence-corrected chi connectivity index (χ1v) is 10.4. The molecule has 6 heteroatoms. The van der Waals surface area contributed by atoms with Gasteiger partial charge in [0.2, 0.25) is 5.91 Å². The fourth-order valence-corrected chi connectivity index (χ4v) is 3.94. The number of imidazole rings is 1. The number of nitrogens with one attached hydrogen (secondary N) is 1. The molecule has 0 atom stereocenters. The van der Waals surface area contributed by atoms with E-state index in [9.17, 15) is 4.79 Å².